The molecule has 1 heterocycles. The normalized spacial score (nSPS) is 12.0. The van der Waals surface area contributed by atoms with Gasteiger partial charge in [-0.05, 0) is 24.0 Å². The van der Waals surface area contributed by atoms with Crippen molar-refractivity contribution in [1.29, 1.82) is 0 Å². The van der Waals surface area contributed by atoms with Gasteiger partial charge in [0.1, 0.15) is 17.3 Å². The Morgan fingerprint density at radius 2 is 2.13 bits per heavy atom. The molecule has 1 aromatic heterocycles. The van der Waals surface area contributed by atoms with E-state index < -0.39 is 23.1 Å². The molecule has 0 fully saturated rings. The lowest BCUT2D eigenvalue weighted by Gasteiger charge is -2.16. The van der Waals surface area contributed by atoms with Crippen LogP contribution in [0.1, 0.15) is 29.4 Å². The van der Waals surface area contributed by atoms with E-state index in [4.69, 9.17) is 0 Å². The van der Waals surface area contributed by atoms with Crippen LogP contribution in [0.25, 0.3) is 0 Å². The molecule has 23 heavy (non-hydrogen) atoms. The number of nitrogens with one attached hydrogen (secondary N) is 2. The maximum absolute atomic E-state index is 13.7. The van der Waals surface area contributed by atoms with Gasteiger partial charge in [0.2, 0.25) is 0 Å². The highest BCUT2D eigenvalue weighted by Gasteiger charge is 2.14. The van der Waals surface area contributed by atoms with Crippen LogP contribution in [0.15, 0.2) is 35.4 Å². The lowest BCUT2D eigenvalue weighted by atomic mass is 9.96. The minimum Gasteiger partial charge on any atom is -0.350 e. The number of carbonyl (C=O) groups is 1. The first-order chi connectivity index (χ1) is 11.0. The molecule has 0 aliphatic carbocycles. The molecule has 0 spiro atoms. The fourth-order valence-electron chi connectivity index (χ4n) is 2.18. The van der Waals surface area contributed by atoms with Crippen molar-refractivity contribution in [3.8, 4) is 0 Å². The summed E-state index contributed by atoms with van der Waals surface area (Å²) in [6, 6.07) is 3.47. The third kappa shape index (κ3) is 4.70. The van der Waals surface area contributed by atoms with Crippen LogP contribution in [-0.4, -0.2) is 22.4 Å². The molecule has 0 saturated carbocycles. The molecule has 2 rings (SSSR count). The first kappa shape index (κ1) is 16.8. The topological polar surface area (TPSA) is 74.8 Å². The summed E-state index contributed by atoms with van der Waals surface area (Å²) in [6.45, 7) is 2.23. The van der Waals surface area contributed by atoms with E-state index in [-0.39, 0.29) is 11.6 Å². The fourth-order valence-corrected chi connectivity index (χ4v) is 2.18. The molecule has 0 aliphatic rings. The summed E-state index contributed by atoms with van der Waals surface area (Å²) < 4.78 is 26.6. The standard InChI is InChI=1S/C16H17F2N3O2/c1-2-10(5-11-3-4-12(17)6-13(11)18)7-20-16(23)14-8-19-9-15(22)21-14/h3-4,6,8-10H,2,5,7H2,1H3,(H,20,23)(H,21,22)/t10-/m0/s1. The van der Waals surface area contributed by atoms with Crippen molar-refractivity contribution in [2.45, 2.75) is 19.8 Å². The Morgan fingerprint density at radius 1 is 1.35 bits per heavy atom. The second kappa shape index (κ2) is 7.62. The second-order valence-electron chi connectivity index (χ2n) is 5.23. The number of hydrogen-bond donors (Lipinski definition) is 2. The number of benzene rings is 1. The van der Waals surface area contributed by atoms with Gasteiger partial charge in [0, 0.05) is 12.6 Å². The predicted octanol–water partition coefficient (Wildman–Crippen LogP) is 2.05. The van der Waals surface area contributed by atoms with Gasteiger partial charge in [-0.3, -0.25) is 14.6 Å². The van der Waals surface area contributed by atoms with Gasteiger partial charge in [-0.15, -0.1) is 0 Å². The van der Waals surface area contributed by atoms with E-state index in [1.54, 1.807) is 0 Å². The number of halogens is 2. The molecule has 2 aromatic rings. The average Bonchev–Trinajstić information content (AvgIpc) is 2.53. The number of hydrogen-bond acceptors (Lipinski definition) is 3. The summed E-state index contributed by atoms with van der Waals surface area (Å²) in [6.07, 6.45) is 3.42. The fraction of sp³-hybridized carbons (Fsp3) is 0.312. The molecule has 5 nitrogen and oxygen atoms in total. The van der Waals surface area contributed by atoms with E-state index in [0.29, 0.717) is 24.9 Å². The van der Waals surface area contributed by atoms with Crippen LogP contribution in [0.5, 0.6) is 0 Å². The van der Waals surface area contributed by atoms with Gasteiger partial charge in [0.05, 0.1) is 12.4 Å². The van der Waals surface area contributed by atoms with Crippen molar-refractivity contribution in [2.75, 3.05) is 6.54 Å². The Labute approximate surface area is 131 Å². The third-order valence-corrected chi connectivity index (χ3v) is 3.55. The Balaban J connectivity index is 1.97. The summed E-state index contributed by atoms with van der Waals surface area (Å²) in [4.78, 5) is 29.1. The molecule has 2 N–H and O–H groups in total. The smallest absolute Gasteiger partial charge is 0.269 e. The number of aromatic nitrogens is 2. The van der Waals surface area contributed by atoms with E-state index in [1.807, 2.05) is 6.92 Å². The first-order valence-electron chi connectivity index (χ1n) is 7.26. The van der Waals surface area contributed by atoms with Crippen LogP contribution in [0, 0.1) is 17.6 Å². The molecule has 1 atom stereocenters. The molecule has 0 radical (unpaired) electrons. The van der Waals surface area contributed by atoms with E-state index in [1.165, 1.54) is 18.3 Å². The lowest BCUT2D eigenvalue weighted by Crippen LogP contribution is -2.31. The molecule has 122 valence electrons. The molecular formula is C16H17F2N3O2. The van der Waals surface area contributed by atoms with E-state index in [9.17, 15) is 18.4 Å². The van der Waals surface area contributed by atoms with Gasteiger partial charge in [-0.1, -0.05) is 19.4 Å². The van der Waals surface area contributed by atoms with E-state index in [2.05, 4.69) is 15.3 Å². The van der Waals surface area contributed by atoms with Crippen LogP contribution in [0.4, 0.5) is 8.78 Å². The molecule has 1 aromatic carbocycles. The summed E-state index contributed by atoms with van der Waals surface area (Å²) in [5, 5.41) is 2.68. The van der Waals surface area contributed by atoms with Crippen LogP contribution in [0.2, 0.25) is 0 Å². The number of carbonyl (C=O) groups excluding carboxylic acids is 1. The molecular weight excluding hydrogens is 304 g/mol. The van der Waals surface area contributed by atoms with Crippen molar-refractivity contribution >= 4 is 5.91 Å². The molecule has 0 saturated heterocycles. The molecule has 0 bridgehead atoms. The summed E-state index contributed by atoms with van der Waals surface area (Å²) in [5.41, 5.74) is 0.0145. The van der Waals surface area contributed by atoms with Gasteiger partial charge in [0.15, 0.2) is 0 Å². The van der Waals surface area contributed by atoms with Crippen molar-refractivity contribution in [3.05, 3.63) is 63.8 Å². The van der Waals surface area contributed by atoms with Gasteiger partial charge < -0.3 is 10.3 Å². The van der Waals surface area contributed by atoms with Gasteiger partial charge in [0.25, 0.3) is 11.5 Å². The highest BCUT2D eigenvalue weighted by Crippen LogP contribution is 2.16. The summed E-state index contributed by atoms with van der Waals surface area (Å²) >= 11 is 0. The monoisotopic (exact) mass is 321 g/mol. The Bertz CT molecular complexity index is 746. The van der Waals surface area contributed by atoms with Gasteiger partial charge >= 0.3 is 0 Å². The first-order valence-corrected chi connectivity index (χ1v) is 7.26. The zero-order valence-corrected chi connectivity index (χ0v) is 12.6. The number of amides is 1. The van der Waals surface area contributed by atoms with Crippen LogP contribution < -0.4 is 10.9 Å². The second-order valence-corrected chi connectivity index (χ2v) is 5.23. The number of aromatic amines is 1. The highest BCUT2D eigenvalue weighted by molar-refractivity contribution is 5.91. The number of rotatable bonds is 6. The Morgan fingerprint density at radius 3 is 2.78 bits per heavy atom. The largest absolute Gasteiger partial charge is 0.350 e. The maximum Gasteiger partial charge on any atom is 0.269 e. The summed E-state index contributed by atoms with van der Waals surface area (Å²) in [7, 11) is 0. The molecule has 1 amide bonds. The quantitative estimate of drug-likeness (QED) is 0.855. The number of nitrogens with zero attached hydrogens (tertiary/aromatic N) is 1. The molecule has 7 heteroatoms. The molecule has 0 unspecified atom stereocenters. The van der Waals surface area contributed by atoms with Crippen molar-refractivity contribution in [3.63, 3.8) is 0 Å². The predicted molar refractivity (Wildman–Crippen MR) is 81.0 cm³/mol. The average molecular weight is 321 g/mol. The zero-order chi connectivity index (χ0) is 16.8. The van der Waals surface area contributed by atoms with Crippen molar-refractivity contribution < 1.29 is 13.6 Å². The Hall–Kier alpha value is -2.57. The van der Waals surface area contributed by atoms with Gasteiger partial charge in [-0.25, -0.2) is 8.78 Å². The third-order valence-electron chi connectivity index (χ3n) is 3.55. The van der Waals surface area contributed by atoms with Crippen molar-refractivity contribution in [1.82, 2.24) is 15.3 Å². The van der Waals surface area contributed by atoms with Crippen molar-refractivity contribution in [2.24, 2.45) is 5.92 Å². The Kier molecular flexibility index (Phi) is 5.56. The highest BCUT2D eigenvalue weighted by atomic mass is 19.1. The zero-order valence-electron chi connectivity index (χ0n) is 12.6. The van der Waals surface area contributed by atoms with Crippen LogP contribution in [0.3, 0.4) is 0 Å². The maximum atomic E-state index is 13.7. The van der Waals surface area contributed by atoms with Crippen LogP contribution >= 0.6 is 0 Å². The molecule has 0 aliphatic heterocycles. The number of H-pyrrole nitrogens is 1. The van der Waals surface area contributed by atoms with E-state index >= 15 is 0 Å². The summed E-state index contributed by atoms with van der Waals surface area (Å²) in [5.74, 6) is -1.67. The van der Waals surface area contributed by atoms with Gasteiger partial charge in [-0.2, -0.15) is 0 Å². The lowest BCUT2D eigenvalue weighted by molar-refractivity contribution is 0.0941. The van der Waals surface area contributed by atoms with Crippen LogP contribution in [-0.2, 0) is 6.42 Å². The minimum absolute atomic E-state index is 0.0118. The minimum atomic E-state index is -0.617. The van der Waals surface area contributed by atoms with E-state index in [0.717, 1.165) is 12.3 Å². The SMILES string of the molecule is CC[C@H](CNC(=O)c1cncc(=O)[nH]1)Cc1ccc(F)cc1F.